The summed E-state index contributed by atoms with van der Waals surface area (Å²) in [6.45, 7) is 13.4. The van der Waals surface area contributed by atoms with Crippen LogP contribution in [0.15, 0.2) is 30.3 Å². The molecule has 39 heavy (non-hydrogen) atoms. The number of benzene rings is 1. The SMILES string of the molecule is CC(C)C[C@H]1ON(C(=O)OCc2ccccc2)[C@H]2CN(CCC(=O)OC(C)(C)C)C(=O)[C@H](CC(C)C)N2C1=O. The maximum Gasteiger partial charge on any atom is 0.436 e. The van der Waals surface area contributed by atoms with E-state index in [1.54, 1.807) is 20.8 Å². The Morgan fingerprint density at radius 1 is 1.00 bits per heavy atom. The Morgan fingerprint density at radius 3 is 2.23 bits per heavy atom. The van der Waals surface area contributed by atoms with Gasteiger partial charge in [0.2, 0.25) is 5.91 Å². The van der Waals surface area contributed by atoms with E-state index in [0.29, 0.717) is 12.8 Å². The number of hydroxylamine groups is 2. The molecule has 2 aliphatic rings. The lowest BCUT2D eigenvalue weighted by atomic mass is 9.95. The molecule has 1 aromatic rings. The molecule has 0 aliphatic carbocycles. The summed E-state index contributed by atoms with van der Waals surface area (Å²) >= 11 is 0. The molecule has 216 valence electrons. The van der Waals surface area contributed by atoms with Gasteiger partial charge in [0.1, 0.15) is 18.2 Å². The number of carbonyl (C=O) groups excluding carboxylic acids is 4. The molecule has 0 radical (unpaired) electrons. The Labute approximate surface area is 231 Å². The van der Waals surface area contributed by atoms with Crippen molar-refractivity contribution in [3.05, 3.63) is 35.9 Å². The van der Waals surface area contributed by atoms with Crippen molar-refractivity contribution in [3.8, 4) is 0 Å². The number of carbonyl (C=O) groups is 4. The highest BCUT2D eigenvalue weighted by Crippen LogP contribution is 2.32. The molecule has 3 rings (SSSR count). The van der Waals surface area contributed by atoms with E-state index in [2.05, 4.69) is 0 Å². The molecule has 2 heterocycles. The van der Waals surface area contributed by atoms with E-state index in [1.165, 1.54) is 9.80 Å². The molecule has 0 spiro atoms. The molecule has 0 N–H and O–H groups in total. The average molecular weight is 546 g/mol. The van der Waals surface area contributed by atoms with Crippen LogP contribution in [0.4, 0.5) is 4.79 Å². The van der Waals surface area contributed by atoms with Gasteiger partial charge in [-0.3, -0.25) is 19.2 Å². The molecule has 2 saturated heterocycles. The fraction of sp³-hybridized carbons (Fsp3) is 0.655. The van der Waals surface area contributed by atoms with Gasteiger partial charge in [0, 0.05) is 6.54 Å². The summed E-state index contributed by atoms with van der Waals surface area (Å²) in [5.74, 6) is -0.772. The molecule has 2 aliphatic heterocycles. The van der Waals surface area contributed by atoms with Crippen molar-refractivity contribution >= 4 is 23.9 Å². The van der Waals surface area contributed by atoms with Gasteiger partial charge in [-0.15, -0.1) is 0 Å². The van der Waals surface area contributed by atoms with Crippen molar-refractivity contribution in [1.29, 1.82) is 0 Å². The van der Waals surface area contributed by atoms with Gasteiger partial charge in [-0.25, -0.2) is 4.79 Å². The quantitative estimate of drug-likeness (QED) is 0.430. The minimum absolute atomic E-state index is 0.00317. The number of fused-ring (bicyclic) bond motifs is 1. The molecule has 10 nitrogen and oxygen atoms in total. The highest BCUT2D eigenvalue weighted by molar-refractivity contribution is 5.92. The molecule has 0 bridgehead atoms. The van der Waals surface area contributed by atoms with Crippen molar-refractivity contribution < 1.29 is 33.5 Å². The minimum Gasteiger partial charge on any atom is -0.460 e. The number of ether oxygens (including phenoxy) is 2. The van der Waals surface area contributed by atoms with Crippen molar-refractivity contribution in [2.45, 2.75) is 98.2 Å². The normalized spacial score (nSPS) is 21.9. The smallest absolute Gasteiger partial charge is 0.436 e. The predicted octanol–water partition coefficient (Wildman–Crippen LogP) is 4.13. The van der Waals surface area contributed by atoms with Crippen molar-refractivity contribution in [2.75, 3.05) is 13.1 Å². The van der Waals surface area contributed by atoms with Gasteiger partial charge in [0.05, 0.1) is 13.0 Å². The molecule has 3 amide bonds. The fourth-order valence-electron chi connectivity index (χ4n) is 4.82. The summed E-state index contributed by atoms with van der Waals surface area (Å²) in [6.07, 6.45) is -1.75. The van der Waals surface area contributed by atoms with Crippen LogP contribution in [0.3, 0.4) is 0 Å². The standard InChI is InChI=1S/C29H43N3O7/c1-19(2)15-22-26(34)30(14-13-25(33)38-29(5,6)7)17-24-31(22)27(35)23(16-20(3)4)39-32(24)28(36)37-18-21-11-9-8-10-12-21/h8-12,19-20,22-24H,13-18H2,1-7H3/t22-,23+,24-/m0/s1. The predicted molar refractivity (Wildman–Crippen MR) is 144 cm³/mol. The summed E-state index contributed by atoms with van der Waals surface area (Å²) in [5.41, 5.74) is 0.166. The average Bonchev–Trinajstić information content (AvgIpc) is 2.83. The van der Waals surface area contributed by atoms with Crippen molar-refractivity contribution in [1.82, 2.24) is 14.9 Å². The number of amides is 3. The van der Waals surface area contributed by atoms with Crippen molar-refractivity contribution in [2.24, 2.45) is 11.8 Å². The third kappa shape index (κ3) is 8.17. The molecular weight excluding hydrogens is 502 g/mol. The Balaban J connectivity index is 1.88. The Morgan fingerprint density at radius 2 is 1.64 bits per heavy atom. The lowest BCUT2D eigenvalue weighted by Crippen LogP contribution is -2.73. The number of esters is 1. The van der Waals surface area contributed by atoms with E-state index >= 15 is 0 Å². The van der Waals surface area contributed by atoms with Gasteiger partial charge in [-0.2, -0.15) is 5.06 Å². The molecule has 0 saturated carbocycles. The van der Waals surface area contributed by atoms with Crippen LogP contribution in [0.1, 0.15) is 73.3 Å². The van der Waals surface area contributed by atoms with E-state index in [0.717, 1.165) is 10.6 Å². The molecule has 2 fully saturated rings. The summed E-state index contributed by atoms with van der Waals surface area (Å²) < 4.78 is 11.0. The van der Waals surface area contributed by atoms with Crippen LogP contribution in [0.2, 0.25) is 0 Å². The van der Waals surface area contributed by atoms with E-state index in [1.807, 2.05) is 58.0 Å². The maximum absolute atomic E-state index is 13.7. The number of hydrogen-bond donors (Lipinski definition) is 0. The zero-order valence-corrected chi connectivity index (χ0v) is 24.2. The molecule has 0 unspecified atom stereocenters. The molecular formula is C29H43N3O7. The topological polar surface area (TPSA) is 106 Å². The van der Waals surface area contributed by atoms with Crippen LogP contribution in [-0.4, -0.2) is 75.7 Å². The van der Waals surface area contributed by atoms with Crippen molar-refractivity contribution in [3.63, 3.8) is 0 Å². The third-order valence-corrected chi connectivity index (χ3v) is 6.45. The van der Waals surface area contributed by atoms with E-state index < -0.39 is 36.0 Å². The monoisotopic (exact) mass is 545 g/mol. The first kappa shape index (κ1) is 30.4. The summed E-state index contributed by atoms with van der Waals surface area (Å²) in [4.78, 5) is 62.2. The summed E-state index contributed by atoms with van der Waals surface area (Å²) in [7, 11) is 0. The zero-order valence-electron chi connectivity index (χ0n) is 24.2. The highest BCUT2D eigenvalue weighted by Gasteiger charge is 2.53. The first-order valence-electron chi connectivity index (χ1n) is 13.8. The largest absolute Gasteiger partial charge is 0.460 e. The van der Waals surface area contributed by atoms with Crippen LogP contribution in [-0.2, 0) is 35.3 Å². The highest BCUT2D eigenvalue weighted by atomic mass is 16.7. The second kappa shape index (κ2) is 12.8. The fourth-order valence-corrected chi connectivity index (χ4v) is 4.82. The molecule has 0 aromatic heterocycles. The van der Waals surface area contributed by atoms with Gasteiger partial charge in [-0.05, 0) is 51.0 Å². The van der Waals surface area contributed by atoms with Crippen LogP contribution < -0.4 is 0 Å². The molecule has 1 aromatic carbocycles. The Bertz CT molecular complexity index is 1020. The van der Waals surface area contributed by atoms with Crippen LogP contribution in [0.5, 0.6) is 0 Å². The van der Waals surface area contributed by atoms with Crippen LogP contribution in [0, 0.1) is 11.8 Å². The molecule has 3 atom stereocenters. The first-order chi connectivity index (χ1) is 18.3. The van der Waals surface area contributed by atoms with E-state index in [-0.39, 0.29) is 49.8 Å². The second-order valence-corrected chi connectivity index (χ2v) is 12.1. The van der Waals surface area contributed by atoms with Gasteiger partial charge >= 0.3 is 12.1 Å². The number of piperazine rings is 1. The Kier molecular flexibility index (Phi) is 9.98. The zero-order chi connectivity index (χ0) is 28.9. The lowest BCUT2D eigenvalue weighted by Gasteiger charge is -2.53. The van der Waals surface area contributed by atoms with E-state index in [9.17, 15) is 19.2 Å². The van der Waals surface area contributed by atoms with Gasteiger partial charge < -0.3 is 19.3 Å². The van der Waals surface area contributed by atoms with Crippen LogP contribution >= 0.6 is 0 Å². The van der Waals surface area contributed by atoms with Crippen LogP contribution in [0.25, 0.3) is 0 Å². The third-order valence-electron chi connectivity index (χ3n) is 6.45. The van der Waals surface area contributed by atoms with E-state index in [4.69, 9.17) is 14.3 Å². The van der Waals surface area contributed by atoms with Gasteiger partial charge in [0.15, 0.2) is 12.3 Å². The summed E-state index contributed by atoms with van der Waals surface area (Å²) in [6, 6.07) is 8.48. The lowest BCUT2D eigenvalue weighted by molar-refractivity contribution is -0.269. The summed E-state index contributed by atoms with van der Waals surface area (Å²) in [5, 5.41) is 1.11. The number of nitrogens with zero attached hydrogens (tertiary/aromatic N) is 3. The number of hydrogen-bond acceptors (Lipinski definition) is 7. The first-order valence-corrected chi connectivity index (χ1v) is 13.8. The molecule has 10 heteroatoms. The minimum atomic E-state index is -0.915. The second-order valence-electron chi connectivity index (χ2n) is 12.1. The number of rotatable bonds is 9. The van der Waals surface area contributed by atoms with Gasteiger partial charge in [-0.1, -0.05) is 58.0 Å². The maximum atomic E-state index is 13.7. The Hall–Kier alpha value is -3.14. The van der Waals surface area contributed by atoms with Gasteiger partial charge in [0.25, 0.3) is 5.91 Å².